The van der Waals surface area contributed by atoms with E-state index in [1.807, 2.05) is 19.1 Å². The lowest BCUT2D eigenvalue weighted by Gasteiger charge is -2.03. The first kappa shape index (κ1) is 9.73. The first-order valence-electron chi connectivity index (χ1n) is 5.07. The van der Waals surface area contributed by atoms with Gasteiger partial charge in [0.05, 0.1) is 11.0 Å². The minimum atomic E-state index is 0.843. The maximum Gasteiger partial charge on any atom is 0.106 e. The molecule has 16 heavy (non-hydrogen) atoms. The van der Waals surface area contributed by atoms with Gasteiger partial charge in [-0.15, -0.1) is 0 Å². The first-order valence-corrected chi connectivity index (χ1v) is 5.86. The van der Waals surface area contributed by atoms with Gasteiger partial charge in [0.1, 0.15) is 4.60 Å². The smallest absolute Gasteiger partial charge is 0.106 e. The van der Waals surface area contributed by atoms with Crippen molar-refractivity contribution in [3.63, 3.8) is 0 Å². The lowest BCUT2D eigenvalue weighted by molar-refractivity contribution is 1.25. The molecule has 0 fully saturated rings. The Morgan fingerprint density at radius 1 is 0.812 bits per heavy atom. The molecule has 0 aliphatic carbocycles. The summed E-state index contributed by atoms with van der Waals surface area (Å²) in [5, 5.41) is 2.25. The second kappa shape index (κ2) is 3.52. The van der Waals surface area contributed by atoms with Crippen LogP contribution in [0.4, 0.5) is 0 Å². The van der Waals surface area contributed by atoms with E-state index in [-0.39, 0.29) is 0 Å². The van der Waals surface area contributed by atoms with E-state index in [0.29, 0.717) is 0 Å². The van der Waals surface area contributed by atoms with E-state index in [0.717, 1.165) is 32.1 Å². The fourth-order valence-corrected chi connectivity index (χ4v) is 2.15. The fourth-order valence-electron chi connectivity index (χ4n) is 1.84. The van der Waals surface area contributed by atoms with E-state index >= 15 is 0 Å². The molecule has 0 bridgehead atoms. The highest BCUT2D eigenvalue weighted by Crippen LogP contribution is 2.24. The molecule has 78 valence electrons. The van der Waals surface area contributed by atoms with Crippen molar-refractivity contribution in [2.24, 2.45) is 0 Å². The van der Waals surface area contributed by atoms with Crippen LogP contribution < -0.4 is 0 Å². The van der Waals surface area contributed by atoms with Gasteiger partial charge >= 0.3 is 0 Å². The van der Waals surface area contributed by atoms with Crippen molar-refractivity contribution in [3.8, 4) is 0 Å². The number of pyridine rings is 2. The predicted octanol–water partition coefficient (Wildman–Crippen LogP) is 3.85. The molecule has 0 saturated heterocycles. The number of nitrogens with zero attached hydrogens (tertiary/aromatic N) is 2. The highest BCUT2D eigenvalue weighted by molar-refractivity contribution is 9.10. The van der Waals surface area contributed by atoms with Crippen molar-refractivity contribution in [2.45, 2.75) is 6.92 Å². The molecule has 2 nitrogen and oxygen atoms in total. The monoisotopic (exact) mass is 272 g/mol. The van der Waals surface area contributed by atoms with Crippen molar-refractivity contribution < 1.29 is 0 Å². The Labute approximate surface area is 101 Å². The molecule has 3 aromatic rings. The molecule has 3 rings (SSSR count). The van der Waals surface area contributed by atoms with Crippen LogP contribution in [0.1, 0.15) is 5.69 Å². The maximum atomic E-state index is 4.56. The largest absolute Gasteiger partial charge is 0.251 e. The number of rotatable bonds is 0. The van der Waals surface area contributed by atoms with Gasteiger partial charge in [-0.1, -0.05) is 24.3 Å². The zero-order valence-corrected chi connectivity index (χ0v) is 10.3. The summed E-state index contributed by atoms with van der Waals surface area (Å²) in [6.07, 6.45) is 0. The second-order valence-electron chi connectivity index (χ2n) is 3.80. The van der Waals surface area contributed by atoms with Crippen LogP contribution in [0.5, 0.6) is 0 Å². The molecule has 0 spiro atoms. The van der Waals surface area contributed by atoms with Gasteiger partial charge in [-0.3, -0.25) is 4.98 Å². The van der Waals surface area contributed by atoms with Gasteiger partial charge in [0.25, 0.3) is 0 Å². The minimum Gasteiger partial charge on any atom is -0.251 e. The number of aryl methyl sites for hydroxylation is 1. The summed E-state index contributed by atoms with van der Waals surface area (Å²) >= 11 is 3.40. The Kier molecular flexibility index (Phi) is 2.14. The lowest BCUT2D eigenvalue weighted by Crippen LogP contribution is -1.87. The Bertz CT molecular complexity index is 631. The molecule has 0 amide bonds. The van der Waals surface area contributed by atoms with Crippen LogP contribution in [0.3, 0.4) is 0 Å². The molecular weight excluding hydrogens is 264 g/mol. The van der Waals surface area contributed by atoms with Crippen molar-refractivity contribution in [3.05, 3.63) is 46.7 Å². The topological polar surface area (TPSA) is 25.8 Å². The molecule has 1 aromatic carbocycles. The summed E-state index contributed by atoms with van der Waals surface area (Å²) in [5.41, 5.74) is 2.94. The van der Waals surface area contributed by atoms with E-state index in [1.54, 1.807) is 0 Å². The molecule has 0 saturated carbocycles. The summed E-state index contributed by atoms with van der Waals surface area (Å²) in [5.74, 6) is 0. The number of benzene rings is 1. The third-order valence-corrected chi connectivity index (χ3v) is 3.07. The van der Waals surface area contributed by atoms with Crippen LogP contribution in [-0.4, -0.2) is 9.97 Å². The fraction of sp³-hybridized carbons (Fsp3) is 0.0769. The first-order chi connectivity index (χ1) is 7.74. The Morgan fingerprint density at radius 3 is 2.12 bits per heavy atom. The molecule has 0 unspecified atom stereocenters. The van der Waals surface area contributed by atoms with Gasteiger partial charge in [0.2, 0.25) is 0 Å². The van der Waals surface area contributed by atoms with Crippen molar-refractivity contribution in [2.75, 3.05) is 0 Å². The van der Waals surface area contributed by atoms with Gasteiger partial charge in [-0.2, -0.15) is 0 Å². The molecule has 3 heteroatoms. The van der Waals surface area contributed by atoms with Crippen LogP contribution in [-0.2, 0) is 0 Å². The average Bonchev–Trinajstić information content (AvgIpc) is 2.29. The SMILES string of the molecule is Cc1ccc2ccc3ccc(Br)nc3c2n1. The minimum absolute atomic E-state index is 0.843. The molecule has 0 N–H and O–H groups in total. The number of hydrogen-bond acceptors (Lipinski definition) is 2. The molecule has 0 atom stereocenters. The predicted molar refractivity (Wildman–Crippen MR) is 69.5 cm³/mol. The average molecular weight is 273 g/mol. The second-order valence-corrected chi connectivity index (χ2v) is 4.61. The standard InChI is InChI=1S/C13H9BrN2/c1-8-2-3-9-4-5-10-6-7-11(14)16-13(10)12(9)15-8/h2-7H,1H3. The lowest BCUT2D eigenvalue weighted by atomic mass is 10.1. The normalized spacial score (nSPS) is 11.1. The van der Waals surface area contributed by atoms with Crippen LogP contribution in [0.25, 0.3) is 21.8 Å². The van der Waals surface area contributed by atoms with E-state index < -0.39 is 0 Å². The molecule has 0 aliphatic heterocycles. The Morgan fingerprint density at radius 2 is 1.38 bits per heavy atom. The van der Waals surface area contributed by atoms with Crippen LogP contribution in [0.2, 0.25) is 0 Å². The molecule has 0 radical (unpaired) electrons. The van der Waals surface area contributed by atoms with E-state index in [1.165, 1.54) is 0 Å². The van der Waals surface area contributed by atoms with Crippen molar-refractivity contribution in [1.29, 1.82) is 0 Å². The Hall–Kier alpha value is -1.48. The third-order valence-electron chi connectivity index (χ3n) is 2.62. The highest BCUT2D eigenvalue weighted by Gasteiger charge is 2.03. The molecule has 0 aliphatic rings. The van der Waals surface area contributed by atoms with Gasteiger partial charge < -0.3 is 0 Å². The summed E-state index contributed by atoms with van der Waals surface area (Å²) in [6, 6.07) is 12.3. The van der Waals surface area contributed by atoms with Crippen LogP contribution in [0.15, 0.2) is 41.0 Å². The number of aromatic nitrogens is 2. The van der Waals surface area contributed by atoms with E-state index in [9.17, 15) is 0 Å². The van der Waals surface area contributed by atoms with Gasteiger partial charge in [-0.05, 0) is 35.0 Å². The summed E-state index contributed by atoms with van der Waals surface area (Å²) in [7, 11) is 0. The highest BCUT2D eigenvalue weighted by atomic mass is 79.9. The van der Waals surface area contributed by atoms with Gasteiger partial charge in [0, 0.05) is 16.5 Å². The summed E-state index contributed by atoms with van der Waals surface area (Å²) in [6.45, 7) is 2.00. The van der Waals surface area contributed by atoms with Crippen molar-refractivity contribution >= 4 is 37.7 Å². The summed E-state index contributed by atoms with van der Waals surface area (Å²) in [4.78, 5) is 9.06. The molecule has 2 aromatic heterocycles. The number of halogens is 1. The third kappa shape index (κ3) is 1.48. The van der Waals surface area contributed by atoms with E-state index in [2.05, 4.69) is 50.2 Å². The van der Waals surface area contributed by atoms with Crippen molar-refractivity contribution in [1.82, 2.24) is 9.97 Å². The number of hydrogen-bond donors (Lipinski definition) is 0. The maximum absolute atomic E-state index is 4.56. The van der Waals surface area contributed by atoms with Gasteiger partial charge in [0.15, 0.2) is 0 Å². The van der Waals surface area contributed by atoms with Gasteiger partial charge in [-0.25, -0.2) is 4.98 Å². The molecule has 2 heterocycles. The van der Waals surface area contributed by atoms with Crippen LogP contribution >= 0.6 is 15.9 Å². The molecular formula is C13H9BrN2. The Balaban J connectivity index is 2.55. The zero-order valence-electron chi connectivity index (χ0n) is 8.74. The quantitative estimate of drug-likeness (QED) is 0.459. The van der Waals surface area contributed by atoms with Crippen LogP contribution in [0, 0.1) is 6.92 Å². The number of fused-ring (bicyclic) bond motifs is 3. The zero-order chi connectivity index (χ0) is 11.1. The summed E-state index contributed by atoms with van der Waals surface area (Å²) < 4.78 is 0.843. The van der Waals surface area contributed by atoms with E-state index in [4.69, 9.17) is 0 Å².